The minimum Gasteiger partial charge on any atom is -0.309 e. The first-order chi connectivity index (χ1) is 9.05. The Balaban J connectivity index is 1.87. The van der Waals surface area contributed by atoms with Crippen LogP contribution in [-0.4, -0.2) is 0 Å². The van der Waals surface area contributed by atoms with Crippen molar-refractivity contribution in [2.75, 3.05) is 0 Å². The predicted octanol–water partition coefficient (Wildman–Crippen LogP) is 3.09. The second-order valence-corrected chi connectivity index (χ2v) is 5.96. The molecule has 0 atom stereocenters. The number of nitrogens with one attached hydrogen (secondary N) is 2. The van der Waals surface area contributed by atoms with Crippen LogP contribution < -0.4 is 10.3 Å². The fourth-order valence-electron chi connectivity index (χ4n) is 2.01. The zero-order chi connectivity index (χ0) is 13.7. The van der Waals surface area contributed by atoms with Crippen molar-refractivity contribution in [2.45, 2.75) is 39.3 Å². The van der Waals surface area contributed by atoms with Gasteiger partial charge in [-0.25, -0.2) is 4.98 Å². The Bertz CT molecular complexity index is 495. The molecule has 0 saturated heterocycles. The topological polar surface area (TPSA) is 26.2 Å². The summed E-state index contributed by atoms with van der Waals surface area (Å²) < 4.78 is 0. The Hall–Kier alpha value is -1.67. The quantitative estimate of drug-likeness (QED) is 0.892. The Kier molecular flexibility index (Phi) is 4.33. The van der Waals surface area contributed by atoms with Crippen LogP contribution in [0.15, 0.2) is 48.8 Å². The van der Waals surface area contributed by atoms with E-state index in [-0.39, 0.29) is 5.41 Å². The highest BCUT2D eigenvalue weighted by molar-refractivity contribution is 5.27. The predicted molar refractivity (Wildman–Crippen MR) is 78.7 cm³/mol. The third-order valence-electron chi connectivity index (χ3n) is 3.27. The molecule has 2 aromatic rings. The van der Waals surface area contributed by atoms with Crippen LogP contribution in [0.4, 0.5) is 0 Å². The fourth-order valence-corrected chi connectivity index (χ4v) is 2.01. The average molecular weight is 255 g/mol. The molecule has 0 spiro atoms. The Morgan fingerprint density at radius 2 is 1.37 bits per heavy atom. The van der Waals surface area contributed by atoms with Crippen LogP contribution in [0.25, 0.3) is 0 Å². The second kappa shape index (κ2) is 5.98. The highest BCUT2D eigenvalue weighted by atomic mass is 14.8. The van der Waals surface area contributed by atoms with Gasteiger partial charge in [0.05, 0.1) is 0 Å². The van der Waals surface area contributed by atoms with Crippen molar-refractivity contribution >= 4 is 0 Å². The van der Waals surface area contributed by atoms with Gasteiger partial charge < -0.3 is 5.32 Å². The smallest absolute Gasteiger partial charge is 0.167 e. The number of aromatic nitrogens is 1. The standard InChI is InChI=1S/C17H22N2/c1-17(2,3)16-6-4-14(5-7-16)12-19-13-15-8-10-18-11-9-15/h4-11,19H,12-13H2,1-3H3/p+1. The normalized spacial score (nSPS) is 11.5. The molecule has 0 aliphatic heterocycles. The van der Waals surface area contributed by atoms with Crippen LogP contribution >= 0.6 is 0 Å². The van der Waals surface area contributed by atoms with Gasteiger partial charge in [-0.05, 0) is 22.1 Å². The molecule has 0 aliphatic rings. The van der Waals surface area contributed by atoms with Gasteiger partial charge in [-0.3, -0.25) is 0 Å². The molecule has 2 nitrogen and oxygen atoms in total. The maximum atomic E-state index is 3.46. The molecule has 2 rings (SSSR count). The van der Waals surface area contributed by atoms with E-state index in [4.69, 9.17) is 0 Å². The molecule has 0 bridgehead atoms. The number of H-pyrrole nitrogens is 1. The molecule has 1 aromatic carbocycles. The monoisotopic (exact) mass is 255 g/mol. The molecule has 19 heavy (non-hydrogen) atoms. The van der Waals surface area contributed by atoms with Crippen molar-refractivity contribution in [3.63, 3.8) is 0 Å². The van der Waals surface area contributed by atoms with E-state index >= 15 is 0 Å². The van der Waals surface area contributed by atoms with Crippen molar-refractivity contribution in [3.8, 4) is 0 Å². The molecular weight excluding hydrogens is 232 g/mol. The molecule has 0 unspecified atom stereocenters. The fraction of sp³-hybridized carbons (Fsp3) is 0.353. The van der Waals surface area contributed by atoms with E-state index in [1.54, 1.807) is 0 Å². The lowest BCUT2D eigenvalue weighted by Gasteiger charge is -2.19. The van der Waals surface area contributed by atoms with Gasteiger partial charge >= 0.3 is 0 Å². The Morgan fingerprint density at radius 3 is 1.89 bits per heavy atom. The van der Waals surface area contributed by atoms with E-state index in [0.717, 1.165) is 13.1 Å². The van der Waals surface area contributed by atoms with Crippen LogP contribution in [0.2, 0.25) is 0 Å². The molecule has 0 amide bonds. The van der Waals surface area contributed by atoms with Crippen LogP contribution in [0.1, 0.15) is 37.5 Å². The van der Waals surface area contributed by atoms with Crippen molar-refractivity contribution in [3.05, 3.63) is 65.5 Å². The van der Waals surface area contributed by atoms with Crippen molar-refractivity contribution in [1.29, 1.82) is 0 Å². The summed E-state index contributed by atoms with van der Waals surface area (Å²) in [5.74, 6) is 0. The Morgan fingerprint density at radius 1 is 0.842 bits per heavy atom. The molecule has 100 valence electrons. The maximum absolute atomic E-state index is 3.46. The van der Waals surface area contributed by atoms with Gasteiger partial charge in [0.2, 0.25) is 0 Å². The lowest BCUT2D eigenvalue weighted by Crippen LogP contribution is -2.14. The zero-order valence-electron chi connectivity index (χ0n) is 12.0. The summed E-state index contributed by atoms with van der Waals surface area (Å²) in [4.78, 5) is 3.03. The van der Waals surface area contributed by atoms with Crippen LogP contribution in [0.3, 0.4) is 0 Å². The molecule has 2 N–H and O–H groups in total. The molecule has 2 heteroatoms. The minimum absolute atomic E-state index is 0.229. The van der Waals surface area contributed by atoms with Crippen molar-refractivity contribution in [2.24, 2.45) is 0 Å². The van der Waals surface area contributed by atoms with Gasteiger partial charge in [0.1, 0.15) is 0 Å². The van der Waals surface area contributed by atoms with Crippen LogP contribution in [0, 0.1) is 0 Å². The van der Waals surface area contributed by atoms with E-state index in [1.165, 1.54) is 16.7 Å². The average Bonchev–Trinajstić information content (AvgIpc) is 2.39. The summed E-state index contributed by atoms with van der Waals surface area (Å²) in [6, 6.07) is 13.1. The third kappa shape index (κ3) is 4.18. The number of hydrogen-bond donors (Lipinski definition) is 1. The highest BCUT2D eigenvalue weighted by Crippen LogP contribution is 2.22. The van der Waals surface area contributed by atoms with Crippen molar-refractivity contribution in [1.82, 2.24) is 5.32 Å². The summed E-state index contributed by atoms with van der Waals surface area (Å²) in [5, 5.41) is 3.46. The number of pyridine rings is 1. The van der Waals surface area contributed by atoms with E-state index in [0.29, 0.717) is 0 Å². The molecule has 0 radical (unpaired) electrons. The molecule has 0 saturated carbocycles. The van der Waals surface area contributed by atoms with E-state index in [1.807, 2.05) is 12.4 Å². The summed E-state index contributed by atoms with van der Waals surface area (Å²) in [6.07, 6.45) is 3.91. The van der Waals surface area contributed by atoms with Crippen LogP contribution in [0.5, 0.6) is 0 Å². The molecule has 0 fully saturated rings. The van der Waals surface area contributed by atoms with E-state index < -0.39 is 0 Å². The lowest BCUT2D eigenvalue weighted by atomic mass is 9.87. The summed E-state index contributed by atoms with van der Waals surface area (Å²) in [6.45, 7) is 8.53. The van der Waals surface area contributed by atoms with E-state index in [9.17, 15) is 0 Å². The maximum Gasteiger partial charge on any atom is 0.167 e. The van der Waals surface area contributed by atoms with Crippen molar-refractivity contribution < 1.29 is 4.98 Å². The first-order valence-electron chi connectivity index (χ1n) is 6.81. The lowest BCUT2D eigenvalue weighted by molar-refractivity contribution is -0.378. The van der Waals surface area contributed by atoms with Gasteiger partial charge in [-0.1, -0.05) is 45.0 Å². The molecule has 1 aromatic heterocycles. The van der Waals surface area contributed by atoms with Gasteiger partial charge in [0, 0.05) is 25.2 Å². The number of aromatic amines is 1. The molecule has 0 aliphatic carbocycles. The number of benzene rings is 1. The minimum atomic E-state index is 0.229. The first-order valence-corrected chi connectivity index (χ1v) is 6.81. The molecular formula is C17H23N2+. The number of rotatable bonds is 4. The summed E-state index contributed by atoms with van der Waals surface area (Å²) in [5.41, 5.74) is 4.24. The Labute approximate surface area is 115 Å². The van der Waals surface area contributed by atoms with Gasteiger partial charge in [-0.15, -0.1) is 0 Å². The highest BCUT2D eigenvalue weighted by Gasteiger charge is 2.12. The summed E-state index contributed by atoms with van der Waals surface area (Å²) in [7, 11) is 0. The molecule has 1 heterocycles. The third-order valence-corrected chi connectivity index (χ3v) is 3.27. The first kappa shape index (κ1) is 13.8. The zero-order valence-corrected chi connectivity index (χ0v) is 12.0. The van der Waals surface area contributed by atoms with Gasteiger partial charge in [0.25, 0.3) is 0 Å². The summed E-state index contributed by atoms with van der Waals surface area (Å²) >= 11 is 0. The number of hydrogen-bond acceptors (Lipinski definition) is 1. The SMILES string of the molecule is CC(C)(C)c1ccc(CNCc2cc[nH+]cc2)cc1. The van der Waals surface area contributed by atoms with Gasteiger partial charge in [-0.2, -0.15) is 0 Å². The van der Waals surface area contributed by atoms with Gasteiger partial charge in [0.15, 0.2) is 12.4 Å². The second-order valence-electron chi connectivity index (χ2n) is 5.96. The van der Waals surface area contributed by atoms with Crippen LogP contribution in [-0.2, 0) is 18.5 Å². The van der Waals surface area contributed by atoms with E-state index in [2.05, 4.69) is 67.5 Å². The largest absolute Gasteiger partial charge is 0.309 e.